The highest BCUT2D eigenvalue weighted by atomic mass is 16.5. The van der Waals surface area contributed by atoms with Gasteiger partial charge in [-0.25, -0.2) is 5.10 Å². The maximum Gasteiger partial charge on any atom is 0.312 e. The van der Waals surface area contributed by atoms with E-state index in [9.17, 15) is 14.4 Å². The number of esters is 1. The van der Waals surface area contributed by atoms with Gasteiger partial charge >= 0.3 is 5.97 Å². The van der Waals surface area contributed by atoms with Crippen LogP contribution in [0, 0.1) is 0 Å². The van der Waals surface area contributed by atoms with Crippen molar-refractivity contribution >= 4 is 22.5 Å². The lowest BCUT2D eigenvalue weighted by Gasteiger charge is -2.08. The van der Waals surface area contributed by atoms with Crippen molar-refractivity contribution in [3.8, 4) is 0 Å². The highest BCUT2D eigenvalue weighted by Crippen LogP contribution is 2.15. The van der Waals surface area contributed by atoms with Crippen LogP contribution in [0.4, 0.5) is 0 Å². The second kappa shape index (κ2) is 7.95. The zero-order chi connectivity index (χ0) is 19.4. The molecule has 0 aliphatic carbocycles. The molecular formula is C21H20N2O4. The lowest BCUT2D eigenvalue weighted by molar-refractivity contribution is -0.141. The molecule has 0 bridgehead atoms. The molecule has 0 saturated heterocycles. The van der Waals surface area contributed by atoms with E-state index < -0.39 is 5.97 Å². The van der Waals surface area contributed by atoms with Crippen molar-refractivity contribution in [1.82, 2.24) is 10.2 Å². The maximum absolute atomic E-state index is 12.2. The quantitative estimate of drug-likeness (QED) is 0.536. The summed E-state index contributed by atoms with van der Waals surface area (Å²) in [6, 6.07) is 14.2. The van der Waals surface area contributed by atoms with Crippen LogP contribution in [-0.4, -0.2) is 28.6 Å². The van der Waals surface area contributed by atoms with Gasteiger partial charge in [-0.3, -0.25) is 14.4 Å². The zero-order valence-corrected chi connectivity index (χ0v) is 15.2. The van der Waals surface area contributed by atoms with Gasteiger partial charge in [0.15, 0.2) is 12.4 Å². The number of rotatable bonds is 6. The molecule has 0 saturated carbocycles. The molecule has 0 amide bonds. The Morgan fingerprint density at radius 3 is 2.37 bits per heavy atom. The summed E-state index contributed by atoms with van der Waals surface area (Å²) in [6.07, 6.45) is -0.128. The highest BCUT2D eigenvalue weighted by molar-refractivity contribution is 5.98. The summed E-state index contributed by atoms with van der Waals surface area (Å²) >= 11 is 0. The van der Waals surface area contributed by atoms with E-state index in [2.05, 4.69) is 24.0 Å². The Hall–Kier alpha value is -3.28. The third-order valence-corrected chi connectivity index (χ3v) is 4.35. The van der Waals surface area contributed by atoms with Gasteiger partial charge in [-0.1, -0.05) is 56.3 Å². The van der Waals surface area contributed by atoms with Crippen molar-refractivity contribution in [1.29, 1.82) is 0 Å². The minimum absolute atomic E-state index is 0.128. The zero-order valence-electron chi connectivity index (χ0n) is 15.2. The fraction of sp³-hybridized carbons (Fsp3) is 0.238. The van der Waals surface area contributed by atoms with Gasteiger partial charge in [0.1, 0.15) is 0 Å². The molecule has 0 atom stereocenters. The maximum atomic E-state index is 12.2. The molecule has 0 aliphatic rings. The number of aromatic nitrogens is 2. The Labute approximate surface area is 156 Å². The van der Waals surface area contributed by atoms with Crippen molar-refractivity contribution in [2.75, 3.05) is 6.61 Å². The molecule has 2 aromatic carbocycles. The summed E-state index contributed by atoms with van der Waals surface area (Å²) in [7, 11) is 0. The van der Waals surface area contributed by atoms with E-state index in [1.54, 1.807) is 36.4 Å². The Balaban J connectivity index is 1.64. The fourth-order valence-electron chi connectivity index (χ4n) is 2.78. The SMILES string of the molecule is CC(C)c1ccc(C(=O)COC(=O)Cc2n[nH]c(=O)c3ccccc23)cc1. The molecule has 0 radical (unpaired) electrons. The molecule has 0 spiro atoms. The topological polar surface area (TPSA) is 89.1 Å². The van der Waals surface area contributed by atoms with E-state index in [1.165, 1.54) is 0 Å². The molecule has 3 aromatic rings. The summed E-state index contributed by atoms with van der Waals surface area (Å²) in [4.78, 5) is 36.1. The van der Waals surface area contributed by atoms with Crippen LogP contribution in [0.3, 0.4) is 0 Å². The Kier molecular flexibility index (Phi) is 5.45. The van der Waals surface area contributed by atoms with E-state index in [4.69, 9.17) is 4.74 Å². The van der Waals surface area contributed by atoms with Gasteiger partial charge in [0.25, 0.3) is 5.56 Å². The first-order valence-electron chi connectivity index (χ1n) is 8.71. The average Bonchev–Trinajstić information content (AvgIpc) is 2.68. The lowest BCUT2D eigenvalue weighted by Crippen LogP contribution is -2.18. The number of nitrogens with zero attached hydrogens (tertiary/aromatic N) is 1. The second-order valence-corrected chi connectivity index (χ2v) is 6.58. The number of ether oxygens (including phenoxy) is 1. The molecule has 0 unspecified atom stereocenters. The Bertz CT molecular complexity index is 1040. The van der Waals surface area contributed by atoms with Crippen molar-refractivity contribution < 1.29 is 14.3 Å². The Morgan fingerprint density at radius 2 is 1.70 bits per heavy atom. The summed E-state index contributed by atoms with van der Waals surface area (Å²) in [5, 5.41) is 7.35. The van der Waals surface area contributed by atoms with Crippen LogP contribution >= 0.6 is 0 Å². The first-order chi connectivity index (χ1) is 13.0. The number of nitrogens with one attached hydrogen (secondary N) is 1. The molecular weight excluding hydrogens is 344 g/mol. The molecule has 6 nitrogen and oxygen atoms in total. The number of carbonyl (C=O) groups excluding carboxylic acids is 2. The minimum Gasteiger partial charge on any atom is -0.457 e. The van der Waals surface area contributed by atoms with Gasteiger partial charge in [0.05, 0.1) is 17.5 Å². The van der Waals surface area contributed by atoms with Crippen molar-refractivity contribution in [3.05, 3.63) is 75.7 Å². The highest BCUT2D eigenvalue weighted by Gasteiger charge is 2.14. The van der Waals surface area contributed by atoms with Crippen LogP contribution < -0.4 is 5.56 Å². The smallest absolute Gasteiger partial charge is 0.312 e. The number of H-pyrrole nitrogens is 1. The third-order valence-electron chi connectivity index (χ3n) is 4.35. The molecule has 27 heavy (non-hydrogen) atoms. The van der Waals surface area contributed by atoms with Crippen molar-refractivity contribution in [2.45, 2.75) is 26.2 Å². The van der Waals surface area contributed by atoms with Crippen LogP contribution in [0.1, 0.15) is 41.4 Å². The number of hydrogen-bond acceptors (Lipinski definition) is 5. The third kappa shape index (κ3) is 4.28. The molecule has 1 heterocycles. The molecule has 138 valence electrons. The van der Waals surface area contributed by atoms with Gasteiger partial charge < -0.3 is 4.74 Å². The number of ketones is 1. The van der Waals surface area contributed by atoms with Crippen LogP contribution in [0.25, 0.3) is 10.8 Å². The van der Waals surface area contributed by atoms with E-state index in [0.29, 0.717) is 27.9 Å². The number of Topliss-reactive ketones (excluding diaryl/α,β-unsaturated/α-hetero) is 1. The minimum atomic E-state index is -0.577. The van der Waals surface area contributed by atoms with E-state index in [-0.39, 0.29) is 24.4 Å². The molecule has 6 heteroatoms. The summed E-state index contributed by atoms with van der Waals surface area (Å²) < 4.78 is 5.10. The van der Waals surface area contributed by atoms with Crippen LogP contribution in [0.2, 0.25) is 0 Å². The summed E-state index contributed by atoms with van der Waals surface area (Å²) in [5.74, 6) is -0.462. The fourth-order valence-corrected chi connectivity index (χ4v) is 2.78. The monoisotopic (exact) mass is 364 g/mol. The van der Waals surface area contributed by atoms with Crippen molar-refractivity contribution in [3.63, 3.8) is 0 Å². The van der Waals surface area contributed by atoms with E-state index in [0.717, 1.165) is 5.56 Å². The second-order valence-electron chi connectivity index (χ2n) is 6.58. The molecule has 3 rings (SSSR count). The van der Waals surface area contributed by atoms with Crippen LogP contribution in [0.5, 0.6) is 0 Å². The number of hydrogen-bond donors (Lipinski definition) is 1. The normalized spacial score (nSPS) is 10.9. The number of carbonyl (C=O) groups is 2. The number of aromatic amines is 1. The van der Waals surface area contributed by atoms with Gasteiger partial charge in [-0.2, -0.15) is 5.10 Å². The summed E-state index contributed by atoms with van der Waals surface area (Å²) in [6.45, 7) is 3.82. The number of fused-ring (bicyclic) bond motifs is 1. The molecule has 1 aromatic heterocycles. The first-order valence-corrected chi connectivity index (χ1v) is 8.71. The van der Waals surface area contributed by atoms with Gasteiger partial charge in [-0.15, -0.1) is 0 Å². The molecule has 0 aliphatic heterocycles. The average molecular weight is 364 g/mol. The van der Waals surface area contributed by atoms with Crippen LogP contribution in [0.15, 0.2) is 53.3 Å². The predicted octanol–water partition coefficient (Wildman–Crippen LogP) is 3.02. The van der Waals surface area contributed by atoms with Crippen LogP contribution in [-0.2, 0) is 16.0 Å². The van der Waals surface area contributed by atoms with Gasteiger partial charge in [0.2, 0.25) is 0 Å². The van der Waals surface area contributed by atoms with E-state index >= 15 is 0 Å². The van der Waals surface area contributed by atoms with Gasteiger partial charge in [-0.05, 0) is 17.5 Å². The first kappa shape index (κ1) is 18.5. The Morgan fingerprint density at radius 1 is 1.04 bits per heavy atom. The predicted molar refractivity (Wildman–Crippen MR) is 102 cm³/mol. The number of benzene rings is 2. The van der Waals surface area contributed by atoms with Crippen molar-refractivity contribution in [2.24, 2.45) is 0 Å². The largest absolute Gasteiger partial charge is 0.457 e. The van der Waals surface area contributed by atoms with Gasteiger partial charge in [0, 0.05) is 10.9 Å². The standard InChI is InChI=1S/C21H20N2O4/c1-13(2)14-7-9-15(10-8-14)19(24)12-27-20(25)11-18-16-5-3-4-6-17(16)21(26)23-22-18/h3-10,13H,11-12H2,1-2H3,(H,23,26). The molecule has 1 N–H and O–H groups in total. The van der Waals surface area contributed by atoms with E-state index in [1.807, 2.05) is 12.1 Å². The lowest BCUT2D eigenvalue weighted by atomic mass is 10.0. The molecule has 0 fully saturated rings. The summed E-state index contributed by atoms with van der Waals surface area (Å²) in [5.41, 5.74) is 1.73.